The quantitative estimate of drug-likeness (QED) is 0.175. The van der Waals surface area contributed by atoms with Crippen molar-refractivity contribution in [2.45, 2.75) is 65.4 Å². The van der Waals surface area contributed by atoms with Crippen molar-refractivity contribution in [1.29, 1.82) is 0 Å². The summed E-state index contributed by atoms with van der Waals surface area (Å²) in [5.41, 5.74) is 1.65. The number of rotatable bonds is 10. The van der Waals surface area contributed by atoms with Gasteiger partial charge >= 0.3 is 13.6 Å². The molecular formula is C29H38ClO5P. The van der Waals surface area contributed by atoms with Crippen LogP contribution in [0.1, 0.15) is 65.0 Å². The van der Waals surface area contributed by atoms with Gasteiger partial charge in [-0.25, -0.2) is 4.79 Å². The fourth-order valence-electron chi connectivity index (χ4n) is 5.05. The van der Waals surface area contributed by atoms with Crippen molar-refractivity contribution in [1.82, 2.24) is 0 Å². The lowest BCUT2D eigenvalue weighted by molar-refractivity contribution is -0.151. The maximum absolute atomic E-state index is 13.8. The van der Waals surface area contributed by atoms with Gasteiger partial charge in [-0.1, -0.05) is 81.3 Å². The van der Waals surface area contributed by atoms with Gasteiger partial charge in [-0.05, 0) is 67.4 Å². The molecule has 1 aliphatic carbocycles. The number of hydrogen-bond acceptors (Lipinski definition) is 5. The first-order valence-electron chi connectivity index (χ1n) is 12.7. The minimum atomic E-state index is -3.91. The number of carbonyl (C=O) groups is 1. The van der Waals surface area contributed by atoms with Crippen molar-refractivity contribution in [3.05, 3.63) is 76.1 Å². The summed E-state index contributed by atoms with van der Waals surface area (Å²) in [6, 6.07) is 17.3. The molecule has 1 aliphatic rings. The second-order valence-electron chi connectivity index (χ2n) is 9.97. The molecule has 0 N–H and O–H groups in total. The third kappa shape index (κ3) is 6.89. The van der Waals surface area contributed by atoms with Crippen LogP contribution in [0.3, 0.4) is 0 Å². The van der Waals surface area contributed by atoms with Crippen LogP contribution in [0.5, 0.6) is 0 Å². The molecule has 0 amide bonds. The van der Waals surface area contributed by atoms with E-state index in [0.29, 0.717) is 16.5 Å². The topological polar surface area (TPSA) is 61.8 Å². The molecule has 0 bridgehead atoms. The lowest BCUT2D eigenvalue weighted by Crippen LogP contribution is -2.43. The van der Waals surface area contributed by atoms with E-state index in [9.17, 15) is 9.36 Å². The number of ether oxygens (including phenoxy) is 1. The first-order valence-corrected chi connectivity index (χ1v) is 14.7. The lowest BCUT2D eigenvalue weighted by atomic mass is 9.64. The number of carbonyl (C=O) groups excluding carboxylic acids is 1. The average Bonchev–Trinajstić information content (AvgIpc) is 2.84. The Morgan fingerprint density at radius 2 is 1.64 bits per heavy atom. The first kappa shape index (κ1) is 28.7. The van der Waals surface area contributed by atoms with Crippen LogP contribution in [0.15, 0.2) is 59.9 Å². The predicted octanol–water partition coefficient (Wildman–Crippen LogP) is 8.27. The SMILES string of the molecule is CCOP(=O)(OCC)/C(=C/c1ccc(Cl)cc1)C(=O)O[C@@H]1C[C@H](C)CC[C@H]1C(C)(C)c1ccccc1. The van der Waals surface area contributed by atoms with Crippen molar-refractivity contribution >= 4 is 31.2 Å². The number of hydrogen-bond donors (Lipinski definition) is 0. The molecule has 5 nitrogen and oxygen atoms in total. The van der Waals surface area contributed by atoms with Gasteiger partial charge in [0.2, 0.25) is 0 Å². The fraction of sp³-hybridized carbons (Fsp3) is 0.483. The third-order valence-electron chi connectivity index (χ3n) is 7.03. The van der Waals surface area contributed by atoms with Crippen LogP contribution >= 0.6 is 19.2 Å². The summed E-state index contributed by atoms with van der Waals surface area (Å²) in [7, 11) is -3.91. The Labute approximate surface area is 220 Å². The summed E-state index contributed by atoms with van der Waals surface area (Å²) in [6.07, 6.45) is 3.95. The van der Waals surface area contributed by atoms with E-state index in [2.05, 4.69) is 32.9 Å². The van der Waals surface area contributed by atoms with Gasteiger partial charge in [0.05, 0.1) is 13.2 Å². The molecule has 1 saturated carbocycles. The molecule has 36 heavy (non-hydrogen) atoms. The standard InChI is InChI=1S/C29H38ClO5P/c1-6-33-36(32,34-7-2)27(20-22-14-16-24(30)17-15-22)28(31)35-26-19-21(3)13-18-25(26)29(4,5)23-11-9-8-10-12-23/h8-12,14-17,20-21,25-26H,6-7,13,18-19H2,1-5H3/b27-20+/t21-,25-,26-/m1/s1. The second kappa shape index (κ2) is 12.6. The molecule has 0 aliphatic heterocycles. The van der Waals surface area contributed by atoms with Crippen molar-refractivity contribution in [2.75, 3.05) is 13.2 Å². The zero-order valence-electron chi connectivity index (χ0n) is 21.9. The van der Waals surface area contributed by atoms with Crippen LogP contribution in [0.4, 0.5) is 0 Å². The van der Waals surface area contributed by atoms with Crippen LogP contribution in [0, 0.1) is 11.8 Å². The summed E-state index contributed by atoms with van der Waals surface area (Å²) in [6.45, 7) is 10.3. The minimum Gasteiger partial charge on any atom is -0.458 e. The Balaban J connectivity index is 1.98. The molecule has 0 saturated heterocycles. The molecule has 1 fully saturated rings. The molecule has 0 spiro atoms. The van der Waals surface area contributed by atoms with Crippen molar-refractivity contribution in [3.63, 3.8) is 0 Å². The maximum atomic E-state index is 13.8. The van der Waals surface area contributed by atoms with E-state index in [0.717, 1.165) is 19.3 Å². The zero-order valence-corrected chi connectivity index (χ0v) is 23.6. The molecule has 196 valence electrons. The number of esters is 1. The molecule has 2 aromatic carbocycles. The molecule has 0 heterocycles. The second-order valence-corrected chi connectivity index (χ2v) is 12.4. The van der Waals surface area contributed by atoms with E-state index in [1.165, 1.54) is 11.6 Å². The largest absolute Gasteiger partial charge is 0.458 e. The summed E-state index contributed by atoms with van der Waals surface area (Å²) < 4.78 is 31.1. The summed E-state index contributed by atoms with van der Waals surface area (Å²) >= 11 is 6.04. The van der Waals surface area contributed by atoms with Gasteiger partial charge in [-0.3, -0.25) is 4.57 Å². The lowest BCUT2D eigenvalue weighted by Gasteiger charge is -2.44. The Bertz CT molecular complexity index is 1070. The van der Waals surface area contributed by atoms with E-state index >= 15 is 0 Å². The molecule has 0 aromatic heterocycles. The van der Waals surface area contributed by atoms with Gasteiger partial charge in [-0.2, -0.15) is 0 Å². The van der Waals surface area contributed by atoms with E-state index < -0.39 is 13.6 Å². The van der Waals surface area contributed by atoms with Crippen molar-refractivity contribution < 1.29 is 23.1 Å². The highest BCUT2D eigenvalue weighted by Gasteiger charge is 2.44. The van der Waals surface area contributed by atoms with Crippen LogP contribution in [-0.4, -0.2) is 25.3 Å². The highest BCUT2D eigenvalue weighted by atomic mass is 35.5. The van der Waals surface area contributed by atoms with Gasteiger partial charge < -0.3 is 13.8 Å². The number of halogens is 1. The predicted molar refractivity (Wildman–Crippen MR) is 146 cm³/mol. The Hall–Kier alpha value is -1.91. The summed E-state index contributed by atoms with van der Waals surface area (Å²) in [4.78, 5) is 13.7. The monoisotopic (exact) mass is 532 g/mol. The molecule has 3 atom stereocenters. The summed E-state index contributed by atoms with van der Waals surface area (Å²) in [5.74, 6) is -0.140. The Morgan fingerprint density at radius 1 is 1.03 bits per heavy atom. The third-order valence-corrected chi connectivity index (χ3v) is 9.38. The van der Waals surface area contributed by atoms with Crippen LogP contribution < -0.4 is 0 Å². The van der Waals surface area contributed by atoms with Gasteiger partial charge in [0.25, 0.3) is 0 Å². The van der Waals surface area contributed by atoms with Crippen molar-refractivity contribution in [2.24, 2.45) is 11.8 Å². The molecule has 0 unspecified atom stereocenters. The van der Waals surface area contributed by atoms with E-state index in [1.54, 1.807) is 38.1 Å². The Kier molecular flexibility index (Phi) is 10.00. The first-order chi connectivity index (χ1) is 17.1. The molecule has 7 heteroatoms. The van der Waals surface area contributed by atoms with Crippen LogP contribution in [0.2, 0.25) is 5.02 Å². The van der Waals surface area contributed by atoms with Crippen LogP contribution in [0.25, 0.3) is 6.08 Å². The normalized spacial score (nSPS) is 21.3. The zero-order chi connectivity index (χ0) is 26.3. The number of benzene rings is 2. The molecule has 0 radical (unpaired) electrons. The van der Waals surface area contributed by atoms with Gasteiger partial charge in [0.15, 0.2) is 0 Å². The maximum Gasteiger partial charge on any atom is 0.368 e. The van der Waals surface area contributed by atoms with Gasteiger partial charge in [0.1, 0.15) is 11.4 Å². The minimum absolute atomic E-state index is 0.0944. The van der Waals surface area contributed by atoms with Crippen molar-refractivity contribution in [3.8, 4) is 0 Å². The van der Waals surface area contributed by atoms with E-state index in [4.69, 9.17) is 25.4 Å². The summed E-state index contributed by atoms with van der Waals surface area (Å²) in [5, 5.41) is 0.472. The van der Waals surface area contributed by atoms with Gasteiger partial charge in [0, 0.05) is 10.9 Å². The Morgan fingerprint density at radius 3 is 2.22 bits per heavy atom. The van der Waals surface area contributed by atoms with Crippen LogP contribution in [-0.2, 0) is 28.6 Å². The highest BCUT2D eigenvalue weighted by Crippen LogP contribution is 2.57. The fourth-order valence-corrected chi connectivity index (χ4v) is 6.79. The average molecular weight is 533 g/mol. The van der Waals surface area contributed by atoms with E-state index in [1.807, 2.05) is 18.2 Å². The molecule has 2 aromatic rings. The molecule has 3 rings (SSSR count). The highest BCUT2D eigenvalue weighted by molar-refractivity contribution is 7.60. The van der Waals surface area contributed by atoms with Gasteiger partial charge in [-0.15, -0.1) is 0 Å². The van der Waals surface area contributed by atoms with E-state index in [-0.39, 0.29) is 36.0 Å². The smallest absolute Gasteiger partial charge is 0.368 e. The molecular weight excluding hydrogens is 495 g/mol.